The second-order valence-electron chi connectivity index (χ2n) is 4.18. The predicted octanol–water partition coefficient (Wildman–Crippen LogP) is 1.80. The number of carbonyl (C=O) groups is 2. The van der Waals surface area contributed by atoms with Crippen LogP contribution in [0.2, 0.25) is 5.02 Å². The van der Waals surface area contributed by atoms with Crippen molar-refractivity contribution in [3.8, 4) is 11.5 Å². The first-order valence-electron chi connectivity index (χ1n) is 6.14. The summed E-state index contributed by atoms with van der Waals surface area (Å²) in [5, 5.41) is 2.85. The fourth-order valence-electron chi connectivity index (χ4n) is 1.95. The van der Waals surface area contributed by atoms with E-state index >= 15 is 0 Å². The van der Waals surface area contributed by atoms with Crippen LogP contribution in [0.15, 0.2) is 12.1 Å². The van der Waals surface area contributed by atoms with Gasteiger partial charge in [0.1, 0.15) is 0 Å². The van der Waals surface area contributed by atoms with E-state index in [1.54, 1.807) is 12.1 Å². The minimum absolute atomic E-state index is 0.0285. The maximum absolute atomic E-state index is 11.6. The smallest absolute Gasteiger partial charge is 0.324 e. The Morgan fingerprint density at radius 3 is 2.70 bits per heavy atom. The van der Waals surface area contributed by atoms with Gasteiger partial charge in [-0.05, 0) is 24.6 Å². The third kappa shape index (κ3) is 2.80. The van der Waals surface area contributed by atoms with Crippen molar-refractivity contribution in [2.45, 2.75) is 13.5 Å². The SMILES string of the molecule is CCOc1c(Cl)cc(CN2C(=O)CNC2=O)cc1OC. The van der Waals surface area contributed by atoms with Crippen LogP contribution in [0.4, 0.5) is 4.79 Å². The van der Waals surface area contributed by atoms with Crippen molar-refractivity contribution < 1.29 is 19.1 Å². The Balaban J connectivity index is 2.27. The summed E-state index contributed by atoms with van der Waals surface area (Å²) < 4.78 is 10.6. The molecule has 7 heteroatoms. The van der Waals surface area contributed by atoms with Crippen molar-refractivity contribution in [2.24, 2.45) is 0 Å². The van der Waals surface area contributed by atoms with Gasteiger partial charge >= 0.3 is 6.03 Å². The Kier molecular flexibility index (Phi) is 4.34. The maximum Gasteiger partial charge on any atom is 0.324 e. The van der Waals surface area contributed by atoms with Crippen molar-refractivity contribution in [3.63, 3.8) is 0 Å². The van der Waals surface area contributed by atoms with Gasteiger partial charge in [-0.3, -0.25) is 9.69 Å². The Morgan fingerprint density at radius 2 is 2.15 bits per heavy atom. The monoisotopic (exact) mass is 298 g/mol. The van der Waals surface area contributed by atoms with E-state index in [4.69, 9.17) is 21.1 Å². The molecular formula is C13H15ClN2O4. The van der Waals surface area contributed by atoms with E-state index in [1.807, 2.05) is 6.92 Å². The fraction of sp³-hybridized carbons (Fsp3) is 0.385. The number of hydrogen-bond acceptors (Lipinski definition) is 4. The van der Waals surface area contributed by atoms with Crippen LogP contribution in [-0.4, -0.2) is 37.1 Å². The predicted molar refractivity (Wildman–Crippen MR) is 73.1 cm³/mol. The summed E-state index contributed by atoms with van der Waals surface area (Å²) in [6.07, 6.45) is 0. The van der Waals surface area contributed by atoms with E-state index in [2.05, 4.69) is 5.32 Å². The van der Waals surface area contributed by atoms with Crippen molar-refractivity contribution in [3.05, 3.63) is 22.7 Å². The maximum atomic E-state index is 11.6. The number of imide groups is 1. The number of hydrogen-bond donors (Lipinski definition) is 1. The minimum atomic E-state index is -0.404. The number of amides is 3. The second kappa shape index (κ2) is 6.00. The van der Waals surface area contributed by atoms with Gasteiger partial charge in [0, 0.05) is 0 Å². The van der Waals surface area contributed by atoms with E-state index in [-0.39, 0.29) is 19.0 Å². The molecule has 6 nitrogen and oxygen atoms in total. The van der Waals surface area contributed by atoms with Crippen LogP contribution in [0.3, 0.4) is 0 Å². The first-order valence-corrected chi connectivity index (χ1v) is 6.52. The van der Waals surface area contributed by atoms with E-state index in [1.165, 1.54) is 7.11 Å². The quantitative estimate of drug-likeness (QED) is 0.842. The number of benzene rings is 1. The summed E-state index contributed by atoms with van der Waals surface area (Å²) in [6, 6.07) is 2.96. The molecule has 0 saturated carbocycles. The van der Waals surface area contributed by atoms with Gasteiger partial charge in [0.05, 0.1) is 31.8 Å². The largest absolute Gasteiger partial charge is 0.493 e. The molecular weight excluding hydrogens is 284 g/mol. The molecule has 108 valence electrons. The van der Waals surface area contributed by atoms with Crippen LogP contribution in [0.1, 0.15) is 12.5 Å². The Bertz CT molecular complexity index is 531. The first kappa shape index (κ1) is 14.5. The van der Waals surface area contributed by atoms with Crippen LogP contribution in [0, 0.1) is 0 Å². The van der Waals surface area contributed by atoms with Crippen LogP contribution < -0.4 is 14.8 Å². The van der Waals surface area contributed by atoms with Crippen molar-refractivity contribution in [2.75, 3.05) is 20.3 Å². The molecule has 2 rings (SSSR count). The third-order valence-corrected chi connectivity index (χ3v) is 3.14. The number of nitrogens with one attached hydrogen (secondary N) is 1. The number of carbonyl (C=O) groups excluding carboxylic acids is 2. The number of ether oxygens (including phenoxy) is 2. The van der Waals surface area contributed by atoms with Crippen molar-refractivity contribution in [1.82, 2.24) is 10.2 Å². The number of rotatable bonds is 5. The molecule has 0 atom stereocenters. The summed E-state index contributed by atoms with van der Waals surface area (Å²) in [7, 11) is 1.51. The van der Waals surface area contributed by atoms with E-state index in [0.717, 1.165) is 4.90 Å². The van der Waals surface area contributed by atoms with Crippen LogP contribution in [0.5, 0.6) is 11.5 Å². The van der Waals surface area contributed by atoms with Gasteiger partial charge in [-0.15, -0.1) is 0 Å². The highest BCUT2D eigenvalue weighted by Gasteiger charge is 2.28. The van der Waals surface area contributed by atoms with E-state index in [9.17, 15) is 9.59 Å². The van der Waals surface area contributed by atoms with Gasteiger partial charge in [0.2, 0.25) is 5.91 Å². The first-order chi connectivity index (χ1) is 9.56. The van der Waals surface area contributed by atoms with Gasteiger partial charge in [-0.2, -0.15) is 0 Å². The van der Waals surface area contributed by atoms with Gasteiger partial charge in [-0.25, -0.2) is 4.79 Å². The van der Waals surface area contributed by atoms with Gasteiger partial charge in [0.25, 0.3) is 0 Å². The molecule has 0 spiro atoms. The lowest BCUT2D eigenvalue weighted by Gasteiger charge is -2.16. The van der Waals surface area contributed by atoms with E-state index < -0.39 is 6.03 Å². The zero-order valence-electron chi connectivity index (χ0n) is 11.2. The lowest BCUT2D eigenvalue weighted by Crippen LogP contribution is -2.30. The highest BCUT2D eigenvalue weighted by atomic mass is 35.5. The molecule has 1 saturated heterocycles. The Hall–Kier alpha value is -1.95. The van der Waals surface area contributed by atoms with Gasteiger partial charge < -0.3 is 14.8 Å². The van der Waals surface area contributed by atoms with Crippen LogP contribution in [0.25, 0.3) is 0 Å². The molecule has 0 aromatic heterocycles. The van der Waals surface area contributed by atoms with Gasteiger partial charge in [0.15, 0.2) is 11.5 Å². The molecule has 0 unspecified atom stereocenters. The van der Waals surface area contributed by atoms with E-state index in [0.29, 0.717) is 28.7 Å². The fourth-order valence-corrected chi connectivity index (χ4v) is 2.23. The summed E-state index contributed by atoms with van der Waals surface area (Å²) in [4.78, 5) is 24.2. The number of halogens is 1. The molecule has 1 heterocycles. The molecule has 1 aliphatic rings. The van der Waals surface area contributed by atoms with Crippen molar-refractivity contribution in [1.29, 1.82) is 0 Å². The van der Waals surface area contributed by atoms with Crippen molar-refractivity contribution >= 4 is 23.5 Å². The Morgan fingerprint density at radius 1 is 1.40 bits per heavy atom. The molecule has 20 heavy (non-hydrogen) atoms. The molecule has 1 N–H and O–H groups in total. The lowest BCUT2D eigenvalue weighted by molar-refractivity contribution is -0.125. The highest BCUT2D eigenvalue weighted by Crippen LogP contribution is 2.36. The minimum Gasteiger partial charge on any atom is -0.493 e. The molecule has 3 amide bonds. The second-order valence-corrected chi connectivity index (χ2v) is 4.59. The molecule has 0 aliphatic carbocycles. The number of methoxy groups -OCH3 is 1. The molecule has 1 aromatic rings. The normalized spacial score (nSPS) is 14.4. The summed E-state index contributed by atoms with van der Waals surface area (Å²) in [6.45, 7) is 2.48. The highest BCUT2D eigenvalue weighted by molar-refractivity contribution is 6.32. The summed E-state index contributed by atoms with van der Waals surface area (Å²) in [5.41, 5.74) is 0.695. The van der Waals surface area contributed by atoms with Gasteiger partial charge in [-0.1, -0.05) is 11.6 Å². The molecule has 1 fully saturated rings. The molecule has 0 radical (unpaired) electrons. The van der Waals surface area contributed by atoms with Crippen LogP contribution in [-0.2, 0) is 11.3 Å². The standard InChI is InChI=1S/C13H15ClN2O4/c1-3-20-12-9(14)4-8(5-10(12)19-2)7-16-11(17)6-15-13(16)18/h4-5H,3,6-7H2,1-2H3,(H,15,18). The summed E-state index contributed by atoms with van der Waals surface area (Å²) in [5.74, 6) is 0.665. The zero-order valence-corrected chi connectivity index (χ0v) is 12.0. The summed E-state index contributed by atoms with van der Waals surface area (Å²) >= 11 is 6.14. The number of nitrogens with zero attached hydrogens (tertiary/aromatic N) is 1. The topological polar surface area (TPSA) is 67.9 Å². The molecule has 1 aromatic carbocycles. The average Bonchev–Trinajstić information content (AvgIpc) is 2.73. The Labute approximate surface area is 121 Å². The average molecular weight is 299 g/mol. The number of urea groups is 1. The zero-order chi connectivity index (χ0) is 14.7. The van der Waals surface area contributed by atoms with Crippen LogP contribution >= 0.6 is 11.6 Å². The molecule has 1 aliphatic heterocycles. The lowest BCUT2D eigenvalue weighted by atomic mass is 10.2. The third-order valence-electron chi connectivity index (χ3n) is 2.86. The molecule has 0 bridgehead atoms.